The number of carbonyl (C=O) groups is 5. The largest absolute Gasteiger partial charge is 0.547 e. The minimum absolute atomic E-state index is 0.0672. The van der Waals surface area contributed by atoms with Crippen LogP contribution in [0.3, 0.4) is 0 Å². The summed E-state index contributed by atoms with van der Waals surface area (Å²) in [4.78, 5) is 60.7. The van der Waals surface area contributed by atoms with Gasteiger partial charge in [0.05, 0.1) is 31.3 Å². The fourth-order valence-corrected chi connectivity index (χ4v) is 4.13. The van der Waals surface area contributed by atoms with Gasteiger partial charge < -0.3 is 15.0 Å². The van der Waals surface area contributed by atoms with Gasteiger partial charge in [0, 0.05) is 25.7 Å². The van der Waals surface area contributed by atoms with E-state index in [-0.39, 0.29) is 32.1 Å². The standard InChI is InChI=1S/C16H18N2O7/c1-18(13(22)4-5-14(18)23)9-6-7-16(15(24)25,10(19)8-9)17-11(20)2-3-12(17)21/h4-5,9-10,19H,2-3,6-8H2,1H3. The summed E-state index contributed by atoms with van der Waals surface area (Å²) in [5, 5.41) is 22.4. The van der Waals surface area contributed by atoms with Crippen LogP contribution in [-0.2, 0) is 24.0 Å². The number of quaternary nitrogens is 1. The van der Waals surface area contributed by atoms with Crippen LogP contribution < -0.4 is 5.11 Å². The number of hydrogen-bond donors (Lipinski definition) is 1. The SMILES string of the molecule is C[N+]1(C2CCC(C(=O)[O-])(N3C(=O)CCC3=O)C(O)C2)C(=O)C=CC1=O. The predicted molar refractivity (Wildman–Crippen MR) is 77.8 cm³/mol. The first-order chi connectivity index (χ1) is 11.7. The summed E-state index contributed by atoms with van der Waals surface area (Å²) >= 11 is 0. The van der Waals surface area contributed by atoms with E-state index in [1.165, 1.54) is 7.05 Å². The van der Waals surface area contributed by atoms with Crippen molar-refractivity contribution >= 4 is 29.6 Å². The molecule has 2 aliphatic heterocycles. The van der Waals surface area contributed by atoms with Gasteiger partial charge in [-0.1, -0.05) is 0 Å². The molecule has 134 valence electrons. The molecule has 0 aromatic heterocycles. The molecule has 2 heterocycles. The van der Waals surface area contributed by atoms with Gasteiger partial charge in [0.15, 0.2) is 0 Å². The Bertz CT molecular complexity index is 694. The van der Waals surface area contributed by atoms with Crippen molar-refractivity contribution in [2.24, 2.45) is 0 Å². The van der Waals surface area contributed by atoms with Crippen LogP contribution in [0.5, 0.6) is 0 Å². The summed E-state index contributed by atoms with van der Waals surface area (Å²) in [5.74, 6) is -3.93. The normalized spacial score (nSPS) is 34.9. The Balaban J connectivity index is 1.93. The lowest BCUT2D eigenvalue weighted by Crippen LogP contribution is -2.72. The van der Waals surface area contributed by atoms with E-state index in [4.69, 9.17) is 0 Å². The van der Waals surface area contributed by atoms with E-state index >= 15 is 0 Å². The van der Waals surface area contributed by atoms with Gasteiger partial charge in [-0.15, -0.1) is 0 Å². The molecule has 0 spiro atoms. The summed E-state index contributed by atoms with van der Waals surface area (Å²) in [6, 6.07) is -0.648. The molecule has 0 radical (unpaired) electrons. The number of carbonyl (C=O) groups excluding carboxylic acids is 5. The molecule has 0 aromatic rings. The number of aliphatic carboxylic acids is 1. The molecule has 0 bridgehead atoms. The van der Waals surface area contributed by atoms with Gasteiger partial charge in [-0.25, -0.2) is 9.59 Å². The van der Waals surface area contributed by atoms with E-state index in [2.05, 4.69) is 0 Å². The maximum Gasteiger partial charge on any atom is 0.346 e. The number of nitrogens with zero attached hydrogens (tertiary/aromatic N) is 2. The van der Waals surface area contributed by atoms with Gasteiger partial charge in [-0.2, -0.15) is 4.48 Å². The highest BCUT2D eigenvalue weighted by Gasteiger charge is 2.59. The van der Waals surface area contributed by atoms with Gasteiger partial charge in [0.2, 0.25) is 11.8 Å². The van der Waals surface area contributed by atoms with Gasteiger partial charge in [0.25, 0.3) is 0 Å². The van der Waals surface area contributed by atoms with Gasteiger partial charge >= 0.3 is 11.8 Å². The van der Waals surface area contributed by atoms with Crippen molar-refractivity contribution in [2.75, 3.05) is 7.05 Å². The molecule has 3 unspecified atom stereocenters. The first-order valence-corrected chi connectivity index (χ1v) is 8.04. The molecule has 2 fully saturated rings. The third-order valence-electron chi connectivity index (χ3n) is 5.72. The van der Waals surface area contributed by atoms with Crippen molar-refractivity contribution in [3.05, 3.63) is 12.2 Å². The van der Waals surface area contributed by atoms with Crippen LogP contribution in [0.2, 0.25) is 0 Å². The topological polar surface area (TPSA) is 132 Å². The van der Waals surface area contributed by atoms with E-state index in [0.717, 1.165) is 12.2 Å². The molecule has 3 atom stereocenters. The van der Waals surface area contributed by atoms with Gasteiger partial charge in [0.1, 0.15) is 11.6 Å². The van der Waals surface area contributed by atoms with Crippen LogP contribution in [0.4, 0.5) is 0 Å². The maximum atomic E-state index is 12.1. The monoisotopic (exact) mass is 350 g/mol. The highest BCUT2D eigenvalue weighted by atomic mass is 16.4. The smallest absolute Gasteiger partial charge is 0.346 e. The van der Waals surface area contributed by atoms with E-state index in [9.17, 15) is 34.2 Å². The number of imide groups is 2. The Morgan fingerprint density at radius 3 is 2.16 bits per heavy atom. The molecule has 1 saturated heterocycles. The lowest BCUT2D eigenvalue weighted by molar-refractivity contribution is -0.781. The molecular weight excluding hydrogens is 332 g/mol. The zero-order valence-electron chi connectivity index (χ0n) is 13.6. The van der Waals surface area contributed by atoms with Gasteiger partial charge in [-0.05, 0) is 6.42 Å². The van der Waals surface area contributed by atoms with E-state index in [0.29, 0.717) is 4.90 Å². The average molecular weight is 350 g/mol. The molecule has 4 amide bonds. The second-order valence-electron chi connectivity index (χ2n) is 6.86. The number of hydrogen-bond acceptors (Lipinski definition) is 7. The molecule has 25 heavy (non-hydrogen) atoms. The van der Waals surface area contributed by atoms with Crippen LogP contribution in [0.1, 0.15) is 32.1 Å². The summed E-state index contributed by atoms with van der Waals surface area (Å²) < 4.78 is -0.581. The molecule has 9 heteroatoms. The number of likely N-dealkylation sites (N-methyl/N-ethyl adjacent to an activating group) is 1. The molecule has 3 aliphatic rings. The summed E-state index contributed by atoms with van der Waals surface area (Å²) in [6.45, 7) is 0. The molecule has 9 nitrogen and oxygen atoms in total. The van der Waals surface area contributed by atoms with Crippen molar-refractivity contribution in [2.45, 2.75) is 49.8 Å². The number of amides is 4. The summed E-state index contributed by atoms with van der Waals surface area (Å²) in [7, 11) is 1.42. The number of likely N-dealkylation sites (tertiary alicyclic amines) is 1. The fourth-order valence-electron chi connectivity index (χ4n) is 4.13. The zero-order chi connectivity index (χ0) is 18.6. The van der Waals surface area contributed by atoms with E-state index in [1.807, 2.05) is 0 Å². The van der Waals surface area contributed by atoms with Crippen molar-refractivity contribution in [1.29, 1.82) is 0 Å². The Labute approximate surface area is 143 Å². The number of aliphatic hydroxyl groups is 1. The van der Waals surface area contributed by atoms with Crippen molar-refractivity contribution in [3.63, 3.8) is 0 Å². The lowest BCUT2D eigenvalue weighted by atomic mass is 9.74. The Kier molecular flexibility index (Phi) is 3.88. The minimum Gasteiger partial charge on any atom is -0.547 e. The molecule has 1 saturated carbocycles. The molecule has 3 rings (SSSR count). The van der Waals surface area contributed by atoms with Crippen LogP contribution in [0.15, 0.2) is 12.2 Å². The second-order valence-corrected chi connectivity index (χ2v) is 6.86. The zero-order valence-corrected chi connectivity index (χ0v) is 13.6. The molecule has 0 aromatic carbocycles. The third kappa shape index (κ3) is 2.19. The van der Waals surface area contributed by atoms with Crippen molar-refractivity contribution < 1.29 is 38.7 Å². The highest BCUT2D eigenvalue weighted by molar-refractivity contribution is 6.06. The highest BCUT2D eigenvalue weighted by Crippen LogP contribution is 2.41. The number of rotatable bonds is 3. The number of carboxylic acids is 1. The molecule has 1 aliphatic carbocycles. The lowest BCUT2D eigenvalue weighted by Gasteiger charge is -2.50. The second kappa shape index (κ2) is 5.57. The summed E-state index contributed by atoms with van der Waals surface area (Å²) in [6.07, 6.45) is 0.0348. The first kappa shape index (κ1) is 17.4. The Morgan fingerprint density at radius 2 is 1.72 bits per heavy atom. The third-order valence-corrected chi connectivity index (χ3v) is 5.72. The quantitative estimate of drug-likeness (QED) is 0.443. The van der Waals surface area contributed by atoms with Crippen LogP contribution in [0.25, 0.3) is 0 Å². The number of carboxylic acid groups (broad SMARTS) is 1. The number of aliphatic hydroxyl groups excluding tert-OH is 1. The molecular formula is C16H18N2O7. The predicted octanol–water partition coefficient (Wildman–Crippen LogP) is -2.39. The van der Waals surface area contributed by atoms with E-state index in [1.54, 1.807) is 0 Å². The van der Waals surface area contributed by atoms with E-state index < -0.39 is 51.8 Å². The summed E-state index contributed by atoms with van der Waals surface area (Å²) in [5.41, 5.74) is -2.15. The van der Waals surface area contributed by atoms with Crippen LogP contribution >= 0.6 is 0 Å². The van der Waals surface area contributed by atoms with Gasteiger partial charge in [-0.3, -0.25) is 14.5 Å². The first-order valence-electron chi connectivity index (χ1n) is 8.04. The van der Waals surface area contributed by atoms with Crippen molar-refractivity contribution in [1.82, 2.24) is 4.90 Å². The van der Waals surface area contributed by atoms with Crippen molar-refractivity contribution in [3.8, 4) is 0 Å². The van der Waals surface area contributed by atoms with Crippen LogP contribution in [-0.4, -0.2) is 68.8 Å². The average Bonchev–Trinajstić information content (AvgIpc) is 3.02. The maximum absolute atomic E-state index is 12.1. The minimum atomic E-state index is -2.15. The Hall–Kier alpha value is -2.39. The van der Waals surface area contributed by atoms with Crippen LogP contribution in [0, 0.1) is 0 Å². The Morgan fingerprint density at radius 1 is 1.20 bits per heavy atom. The molecule has 1 N–H and O–H groups in total. The fraction of sp³-hybridized carbons (Fsp3) is 0.562.